The van der Waals surface area contributed by atoms with Crippen LogP contribution < -0.4 is 0 Å². The molecule has 0 amide bonds. The van der Waals surface area contributed by atoms with Gasteiger partial charge >= 0.3 is 0 Å². The van der Waals surface area contributed by atoms with Crippen molar-refractivity contribution in [3.05, 3.63) is 41.4 Å². The second-order valence-electron chi connectivity index (χ2n) is 3.71. The molecular weight excluding hydrogens is 302 g/mol. The molecule has 0 saturated heterocycles. The summed E-state index contributed by atoms with van der Waals surface area (Å²) in [5.41, 5.74) is 0. The van der Waals surface area contributed by atoms with E-state index in [0.29, 0.717) is 11.4 Å². The fourth-order valence-corrected chi connectivity index (χ4v) is 3.19. The highest BCUT2D eigenvalue weighted by atomic mass is 79.9. The van der Waals surface area contributed by atoms with Crippen LogP contribution in [-0.4, -0.2) is 26.3 Å². The van der Waals surface area contributed by atoms with Crippen LogP contribution >= 0.6 is 15.9 Å². The van der Waals surface area contributed by atoms with E-state index >= 15 is 0 Å². The largest absolute Gasteiger partial charge is 0.242 e. The molecule has 0 heterocycles. The Hall–Kier alpha value is -0.650. The van der Waals surface area contributed by atoms with Gasteiger partial charge in [0.2, 0.25) is 10.0 Å². The molecule has 0 fully saturated rings. The van der Waals surface area contributed by atoms with E-state index in [-0.39, 0.29) is 0 Å². The summed E-state index contributed by atoms with van der Waals surface area (Å²) >= 11 is 3.27. The third-order valence-electron chi connectivity index (χ3n) is 2.39. The molecule has 0 aliphatic heterocycles. The number of sulfonamides is 1. The van der Waals surface area contributed by atoms with Crippen molar-refractivity contribution >= 4 is 26.0 Å². The maximum atomic E-state index is 12.2. The molecule has 1 rings (SSSR count). The summed E-state index contributed by atoms with van der Waals surface area (Å²) in [5.74, 6) is 0. The van der Waals surface area contributed by atoms with E-state index in [1.165, 1.54) is 4.31 Å². The SMILES string of the molecule is C=CCCCN(C)S(=O)(=O)c1cccc(Br)c1. The van der Waals surface area contributed by atoms with Gasteiger partial charge in [-0.2, -0.15) is 0 Å². The summed E-state index contributed by atoms with van der Waals surface area (Å²) in [6.07, 6.45) is 3.39. The molecule has 3 nitrogen and oxygen atoms in total. The Morgan fingerprint density at radius 1 is 1.47 bits per heavy atom. The van der Waals surface area contributed by atoms with Crippen LogP contribution in [0.25, 0.3) is 0 Å². The lowest BCUT2D eigenvalue weighted by molar-refractivity contribution is 0.463. The normalized spacial score (nSPS) is 11.7. The van der Waals surface area contributed by atoms with E-state index in [4.69, 9.17) is 0 Å². The molecule has 0 aliphatic rings. The Labute approximate surface area is 111 Å². The summed E-state index contributed by atoms with van der Waals surface area (Å²) in [6.45, 7) is 4.12. The Morgan fingerprint density at radius 2 is 2.18 bits per heavy atom. The van der Waals surface area contributed by atoms with Crippen molar-refractivity contribution in [2.24, 2.45) is 0 Å². The Bertz CT molecular complexity index is 485. The van der Waals surface area contributed by atoms with Gasteiger partial charge in [-0.15, -0.1) is 6.58 Å². The van der Waals surface area contributed by atoms with Gasteiger partial charge in [-0.25, -0.2) is 12.7 Å². The second kappa shape index (κ2) is 6.33. The van der Waals surface area contributed by atoms with Crippen LogP contribution in [0.15, 0.2) is 46.3 Å². The first-order chi connectivity index (χ1) is 7.98. The smallest absolute Gasteiger partial charge is 0.207 e. The van der Waals surface area contributed by atoms with Crippen molar-refractivity contribution in [3.8, 4) is 0 Å². The van der Waals surface area contributed by atoms with Crippen LogP contribution in [0.1, 0.15) is 12.8 Å². The lowest BCUT2D eigenvalue weighted by Gasteiger charge is -2.16. The molecule has 0 unspecified atom stereocenters. The van der Waals surface area contributed by atoms with Gasteiger partial charge in [0.25, 0.3) is 0 Å². The van der Waals surface area contributed by atoms with Crippen molar-refractivity contribution in [3.63, 3.8) is 0 Å². The van der Waals surface area contributed by atoms with Crippen LogP contribution in [0.5, 0.6) is 0 Å². The van der Waals surface area contributed by atoms with Gasteiger partial charge in [-0.3, -0.25) is 0 Å². The summed E-state index contributed by atoms with van der Waals surface area (Å²) in [6, 6.07) is 6.73. The number of hydrogen-bond donors (Lipinski definition) is 0. The molecule has 1 aromatic carbocycles. The van der Waals surface area contributed by atoms with E-state index in [1.54, 1.807) is 37.4 Å². The van der Waals surface area contributed by atoms with Gasteiger partial charge in [0, 0.05) is 18.1 Å². The average Bonchev–Trinajstić information content (AvgIpc) is 2.29. The molecule has 0 saturated carbocycles. The zero-order valence-electron chi connectivity index (χ0n) is 9.77. The van der Waals surface area contributed by atoms with Crippen molar-refractivity contribution < 1.29 is 8.42 Å². The fraction of sp³-hybridized carbons (Fsp3) is 0.333. The highest BCUT2D eigenvalue weighted by Gasteiger charge is 2.19. The minimum Gasteiger partial charge on any atom is -0.207 e. The first kappa shape index (κ1) is 14.4. The standard InChI is InChI=1S/C12H16BrNO2S/c1-3-4-5-9-14(2)17(15,16)12-8-6-7-11(13)10-12/h3,6-8,10H,1,4-5,9H2,2H3. The lowest BCUT2D eigenvalue weighted by atomic mass is 10.3. The molecular formula is C12H16BrNO2S. The highest BCUT2D eigenvalue weighted by Crippen LogP contribution is 2.19. The van der Waals surface area contributed by atoms with Gasteiger partial charge in [0.15, 0.2) is 0 Å². The van der Waals surface area contributed by atoms with Crippen LogP contribution in [0.3, 0.4) is 0 Å². The molecule has 0 N–H and O–H groups in total. The monoisotopic (exact) mass is 317 g/mol. The lowest BCUT2D eigenvalue weighted by Crippen LogP contribution is -2.27. The minimum absolute atomic E-state index is 0.313. The molecule has 94 valence electrons. The van der Waals surface area contributed by atoms with E-state index in [0.717, 1.165) is 17.3 Å². The zero-order valence-corrected chi connectivity index (χ0v) is 12.2. The van der Waals surface area contributed by atoms with Crippen molar-refractivity contribution in [1.82, 2.24) is 4.31 Å². The van der Waals surface area contributed by atoms with E-state index < -0.39 is 10.0 Å². The summed E-state index contributed by atoms with van der Waals surface area (Å²) in [7, 11) is -1.78. The predicted molar refractivity (Wildman–Crippen MR) is 73.4 cm³/mol. The van der Waals surface area contributed by atoms with Crippen LogP contribution in [0, 0.1) is 0 Å². The second-order valence-corrected chi connectivity index (χ2v) is 6.68. The van der Waals surface area contributed by atoms with Gasteiger partial charge in [0.1, 0.15) is 0 Å². The molecule has 0 spiro atoms. The molecule has 0 atom stereocenters. The van der Waals surface area contributed by atoms with Crippen molar-refractivity contribution in [2.75, 3.05) is 13.6 Å². The topological polar surface area (TPSA) is 37.4 Å². The Kier molecular flexibility index (Phi) is 5.36. The quantitative estimate of drug-likeness (QED) is 0.597. The number of hydrogen-bond acceptors (Lipinski definition) is 2. The van der Waals surface area contributed by atoms with Crippen LogP contribution in [0.4, 0.5) is 0 Å². The zero-order chi connectivity index (χ0) is 12.9. The first-order valence-corrected chi connectivity index (χ1v) is 7.54. The van der Waals surface area contributed by atoms with Crippen molar-refractivity contribution in [1.29, 1.82) is 0 Å². The Morgan fingerprint density at radius 3 is 2.76 bits per heavy atom. The van der Waals surface area contributed by atoms with Crippen molar-refractivity contribution in [2.45, 2.75) is 17.7 Å². The maximum absolute atomic E-state index is 12.2. The van der Waals surface area contributed by atoms with E-state index in [2.05, 4.69) is 22.5 Å². The average molecular weight is 318 g/mol. The molecule has 0 radical (unpaired) electrons. The third kappa shape index (κ3) is 3.94. The number of allylic oxidation sites excluding steroid dienone is 1. The number of benzene rings is 1. The van der Waals surface area contributed by atoms with Gasteiger partial charge < -0.3 is 0 Å². The third-order valence-corrected chi connectivity index (χ3v) is 4.73. The number of nitrogens with zero attached hydrogens (tertiary/aromatic N) is 1. The summed E-state index contributed by atoms with van der Waals surface area (Å²) in [5, 5.41) is 0. The van der Waals surface area contributed by atoms with Gasteiger partial charge in [0.05, 0.1) is 4.90 Å². The summed E-state index contributed by atoms with van der Waals surface area (Å²) < 4.78 is 26.5. The maximum Gasteiger partial charge on any atom is 0.242 e. The molecule has 0 aromatic heterocycles. The van der Waals surface area contributed by atoms with E-state index in [1.807, 2.05) is 0 Å². The molecule has 1 aromatic rings. The first-order valence-electron chi connectivity index (χ1n) is 5.31. The number of halogens is 1. The molecule has 17 heavy (non-hydrogen) atoms. The molecule has 0 bridgehead atoms. The van der Waals surface area contributed by atoms with Crippen LogP contribution in [0.2, 0.25) is 0 Å². The number of unbranched alkanes of at least 4 members (excludes halogenated alkanes) is 1. The van der Waals surface area contributed by atoms with E-state index in [9.17, 15) is 8.42 Å². The molecule has 5 heteroatoms. The Balaban J connectivity index is 2.83. The van der Waals surface area contributed by atoms with Gasteiger partial charge in [-0.1, -0.05) is 28.1 Å². The summed E-state index contributed by atoms with van der Waals surface area (Å²) in [4.78, 5) is 0.313. The van der Waals surface area contributed by atoms with Gasteiger partial charge in [-0.05, 0) is 31.0 Å². The predicted octanol–water partition coefficient (Wildman–Crippen LogP) is 3.04. The highest BCUT2D eigenvalue weighted by molar-refractivity contribution is 9.10. The fourth-order valence-electron chi connectivity index (χ4n) is 1.39. The number of rotatable bonds is 6. The minimum atomic E-state index is -3.37. The molecule has 0 aliphatic carbocycles. The van der Waals surface area contributed by atoms with Crippen LogP contribution in [-0.2, 0) is 10.0 Å².